The number of benzene rings is 3. The molecule has 1 N–H and O–H groups in total. The molecule has 0 aliphatic rings. The molecule has 1 amide bonds. The average molecular weight is 492 g/mol. The molecule has 2 atom stereocenters. The number of aromatic nitrogens is 2. The van der Waals surface area contributed by atoms with Crippen LogP contribution in [0.4, 0.5) is 4.39 Å². The van der Waals surface area contributed by atoms with Crippen molar-refractivity contribution in [3.63, 3.8) is 0 Å². The average Bonchev–Trinajstić information content (AvgIpc) is 3.31. The molecular formula is C27H26FN3O5. The van der Waals surface area contributed by atoms with Gasteiger partial charge in [0.15, 0.2) is 0 Å². The third-order valence-electron chi connectivity index (χ3n) is 5.57. The van der Waals surface area contributed by atoms with Gasteiger partial charge in [0, 0.05) is 5.39 Å². The molecule has 186 valence electrons. The normalized spacial score (nSPS) is 12.6. The number of carbonyl (C=O) groups is 2. The highest BCUT2D eigenvalue weighted by Gasteiger charge is 2.27. The molecule has 0 bridgehead atoms. The molecule has 0 radical (unpaired) electrons. The van der Waals surface area contributed by atoms with Crippen molar-refractivity contribution in [3.8, 4) is 17.2 Å². The molecular weight excluding hydrogens is 465 g/mol. The van der Waals surface area contributed by atoms with Crippen LogP contribution in [0.15, 0.2) is 72.9 Å². The number of nitrogens with one attached hydrogen (secondary N) is 1. The van der Waals surface area contributed by atoms with Crippen LogP contribution in [0, 0.1) is 5.82 Å². The Bertz CT molecular complexity index is 1370. The van der Waals surface area contributed by atoms with Gasteiger partial charge in [-0.1, -0.05) is 12.1 Å². The smallest absolute Gasteiger partial charge is 0.396 e. The third-order valence-corrected chi connectivity index (χ3v) is 5.57. The lowest BCUT2D eigenvalue weighted by Gasteiger charge is -2.26. The molecule has 0 aliphatic heterocycles. The number of amides is 1. The van der Waals surface area contributed by atoms with Crippen LogP contribution in [-0.4, -0.2) is 41.4 Å². The minimum Gasteiger partial charge on any atom is -0.497 e. The molecule has 36 heavy (non-hydrogen) atoms. The van der Waals surface area contributed by atoms with Gasteiger partial charge in [-0.2, -0.15) is 5.10 Å². The summed E-state index contributed by atoms with van der Waals surface area (Å²) in [5.74, 6) is -0.967. The molecule has 1 aromatic heterocycles. The van der Waals surface area contributed by atoms with E-state index in [0.29, 0.717) is 11.5 Å². The molecule has 9 heteroatoms. The van der Waals surface area contributed by atoms with Gasteiger partial charge in [-0.3, -0.25) is 4.79 Å². The van der Waals surface area contributed by atoms with Crippen LogP contribution in [-0.2, 0) is 14.3 Å². The molecule has 3 aromatic carbocycles. The first-order chi connectivity index (χ1) is 17.4. The zero-order valence-corrected chi connectivity index (χ0v) is 20.1. The maximum Gasteiger partial charge on any atom is 0.396 e. The summed E-state index contributed by atoms with van der Waals surface area (Å²) in [4.78, 5) is 24.1. The van der Waals surface area contributed by atoms with E-state index in [-0.39, 0.29) is 12.4 Å². The molecule has 0 fully saturated rings. The van der Waals surface area contributed by atoms with Crippen molar-refractivity contribution in [1.82, 2.24) is 15.1 Å². The van der Waals surface area contributed by atoms with Gasteiger partial charge in [0.2, 0.25) is 0 Å². The monoisotopic (exact) mass is 491 g/mol. The van der Waals surface area contributed by atoms with Crippen LogP contribution >= 0.6 is 0 Å². The van der Waals surface area contributed by atoms with Crippen molar-refractivity contribution in [3.05, 3.63) is 84.3 Å². The van der Waals surface area contributed by atoms with Gasteiger partial charge in [0.1, 0.15) is 23.4 Å². The summed E-state index contributed by atoms with van der Waals surface area (Å²) in [6.45, 7) is 3.47. The fourth-order valence-corrected chi connectivity index (χ4v) is 3.83. The second-order valence-corrected chi connectivity index (χ2v) is 8.05. The van der Waals surface area contributed by atoms with Crippen molar-refractivity contribution in [2.45, 2.75) is 26.0 Å². The number of esters is 1. The van der Waals surface area contributed by atoms with Crippen LogP contribution in [0.1, 0.15) is 25.5 Å². The van der Waals surface area contributed by atoms with E-state index in [9.17, 15) is 14.0 Å². The van der Waals surface area contributed by atoms with E-state index >= 15 is 0 Å². The lowest BCUT2D eigenvalue weighted by atomic mass is 10.0. The topological polar surface area (TPSA) is 91.7 Å². The molecule has 0 unspecified atom stereocenters. The number of nitrogens with zero attached hydrogens (tertiary/aromatic N) is 2. The maximum atomic E-state index is 13.3. The van der Waals surface area contributed by atoms with E-state index in [2.05, 4.69) is 10.4 Å². The molecule has 4 aromatic rings. The summed E-state index contributed by atoms with van der Waals surface area (Å²) in [5, 5.41) is 7.89. The Morgan fingerprint density at radius 1 is 1.06 bits per heavy atom. The number of methoxy groups -OCH3 is 1. The first-order valence-electron chi connectivity index (χ1n) is 11.4. The van der Waals surface area contributed by atoms with Gasteiger partial charge < -0.3 is 19.5 Å². The molecule has 0 aliphatic carbocycles. The van der Waals surface area contributed by atoms with Gasteiger partial charge >= 0.3 is 11.9 Å². The van der Waals surface area contributed by atoms with E-state index in [0.717, 1.165) is 22.2 Å². The Kier molecular flexibility index (Phi) is 7.48. The summed E-state index contributed by atoms with van der Waals surface area (Å²) in [7, 11) is 1.56. The molecule has 0 saturated heterocycles. The van der Waals surface area contributed by atoms with E-state index < -0.39 is 24.0 Å². The third kappa shape index (κ3) is 5.46. The SMILES string of the molecule is CCOC(=O)C(=O)N[C@@H](C)[C@H](Oc1ccc2c(cnn2-c2ccc(F)cc2)c1)c1cccc(OC)c1. The first kappa shape index (κ1) is 24.7. The zero-order chi connectivity index (χ0) is 25.7. The van der Waals surface area contributed by atoms with Crippen LogP contribution in [0.25, 0.3) is 16.6 Å². The molecule has 8 nitrogen and oxygen atoms in total. The van der Waals surface area contributed by atoms with Crippen molar-refractivity contribution in [2.75, 3.05) is 13.7 Å². The molecule has 0 spiro atoms. The lowest BCUT2D eigenvalue weighted by molar-refractivity contribution is -0.155. The van der Waals surface area contributed by atoms with Crippen molar-refractivity contribution in [2.24, 2.45) is 0 Å². The number of hydrogen-bond donors (Lipinski definition) is 1. The summed E-state index contributed by atoms with van der Waals surface area (Å²) in [6, 6.07) is 18.2. The Labute approximate surface area is 207 Å². The predicted octanol–water partition coefficient (Wildman–Crippen LogP) is 4.36. The summed E-state index contributed by atoms with van der Waals surface area (Å²) in [6.07, 6.45) is 1.04. The van der Waals surface area contributed by atoms with E-state index in [1.165, 1.54) is 12.1 Å². The van der Waals surface area contributed by atoms with E-state index in [1.54, 1.807) is 56.1 Å². The van der Waals surface area contributed by atoms with Crippen LogP contribution in [0.5, 0.6) is 11.5 Å². The molecule has 0 saturated carbocycles. The van der Waals surface area contributed by atoms with Crippen LogP contribution in [0.2, 0.25) is 0 Å². The fourth-order valence-electron chi connectivity index (χ4n) is 3.83. The standard InChI is InChI=1S/C27H26FN3O5/c1-4-35-27(33)26(32)30-17(2)25(18-6-5-7-22(14-18)34-3)36-23-12-13-24-19(15-23)16-29-31(24)21-10-8-20(28)9-11-21/h5-17,25H,4H2,1-3H3,(H,30,32)/t17-,25-/m0/s1. The number of halogens is 1. The summed E-state index contributed by atoms with van der Waals surface area (Å²) >= 11 is 0. The van der Waals surface area contributed by atoms with Gasteiger partial charge in [-0.25, -0.2) is 13.9 Å². The fraction of sp³-hybridized carbons (Fsp3) is 0.222. The lowest BCUT2D eigenvalue weighted by Crippen LogP contribution is -2.43. The minimum atomic E-state index is -0.955. The first-order valence-corrected chi connectivity index (χ1v) is 11.4. The number of carbonyl (C=O) groups excluding carboxylic acids is 2. The highest BCUT2D eigenvalue weighted by Crippen LogP contribution is 2.30. The summed E-state index contributed by atoms with van der Waals surface area (Å²) < 4.78 is 31.5. The van der Waals surface area contributed by atoms with Gasteiger partial charge in [0.05, 0.1) is 37.2 Å². The van der Waals surface area contributed by atoms with E-state index in [1.807, 2.05) is 30.3 Å². The number of fused-ring (bicyclic) bond motifs is 1. The minimum absolute atomic E-state index is 0.0993. The highest BCUT2D eigenvalue weighted by molar-refractivity contribution is 6.32. The number of ether oxygens (including phenoxy) is 3. The van der Waals surface area contributed by atoms with E-state index in [4.69, 9.17) is 14.2 Å². The summed E-state index contributed by atoms with van der Waals surface area (Å²) in [5.41, 5.74) is 2.29. The largest absolute Gasteiger partial charge is 0.497 e. The Hall–Kier alpha value is -4.40. The quantitative estimate of drug-likeness (QED) is 0.291. The number of hydrogen-bond acceptors (Lipinski definition) is 6. The zero-order valence-electron chi connectivity index (χ0n) is 20.1. The van der Waals surface area contributed by atoms with Crippen molar-refractivity contribution in [1.29, 1.82) is 0 Å². The molecule has 4 rings (SSSR count). The highest BCUT2D eigenvalue weighted by atomic mass is 19.1. The Morgan fingerprint density at radius 2 is 1.83 bits per heavy atom. The second-order valence-electron chi connectivity index (χ2n) is 8.05. The molecule has 1 heterocycles. The maximum absolute atomic E-state index is 13.3. The Morgan fingerprint density at radius 3 is 2.56 bits per heavy atom. The van der Waals surface area contributed by atoms with Crippen LogP contribution < -0.4 is 14.8 Å². The Balaban J connectivity index is 1.63. The van der Waals surface area contributed by atoms with Crippen molar-refractivity contribution < 1.29 is 28.2 Å². The predicted molar refractivity (Wildman–Crippen MR) is 132 cm³/mol. The van der Waals surface area contributed by atoms with Gasteiger partial charge in [-0.15, -0.1) is 0 Å². The number of rotatable bonds is 8. The van der Waals surface area contributed by atoms with Gasteiger partial charge in [-0.05, 0) is 74.0 Å². The van der Waals surface area contributed by atoms with Crippen LogP contribution in [0.3, 0.4) is 0 Å². The van der Waals surface area contributed by atoms with Crippen molar-refractivity contribution >= 4 is 22.8 Å². The van der Waals surface area contributed by atoms with Gasteiger partial charge in [0.25, 0.3) is 0 Å². The second kappa shape index (κ2) is 10.9.